The van der Waals surface area contributed by atoms with Crippen LogP contribution in [0.5, 0.6) is 0 Å². The van der Waals surface area contributed by atoms with Crippen LogP contribution < -0.4 is 0 Å². The van der Waals surface area contributed by atoms with E-state index in [0.29, 0.717) is 77.3 Å². The van der Waals surface area contributed by atoms with E-state index in [2.05, 4.69) is 91.7 Å². The summed E-state index contributed by atoms with van der Waals surface area (Å²) < 4.78 is 45.1. The van der Waals surface area contributed by atoms with Crippen molar-refractivity contribution in [2.24, 2.45) is 0 Å². The number of aryl methyl sites for hydroxylation is 2. The minimum Gasteiger partial charge on any atom is -0.460 e. The van der Waals surface area contributed by atoms with E-state index >= 15 is 0 Å². The zero-order chi connectivity index (χ0) is 42.5. The van der Waals surface area contributed by atoms with E-state index in [1.54, 1.807) is 9.80 Å². The van der Waals surface area contributed by atoms with Gasteiger partial charge in [-0.05, 0) is 167 Å². The van der Waals surface area contributed by atoms with Crippen LogP contribution >= 0.6 is 0 Å². The summed E-state index contributed by atoms with van der Waals surface area (Å²) >= 11 is 0. The normalized spacial score (nSPS) is 16.3. The quantitative estimate of drug-likeness (QED) is 0.108. The Morgan fingerprint density at radius 1 is 0.474 bits per heavy atom. The third kappa shape index (κ3) is 11.6. The molecule has 0 aromatic carbocycles. The summed E-state index contributed by atoms with van der Waals surface area (Å²) in [6.07, 6.45) is 1.38. The van der Waals surface area contributed by atoms with Crippen LogP contribution in [0, 0.1) is 13.8 Å². The van der Waals surface area contributed by atoms with Gasteiger partial charge in [0.25, 0.3) is 11.8 Å². The second-order valence-corrected chi connectivity index (χ2v) is 44.9. The molecule has 314 valence electrons. The lowest BCUT2D eigenvalue weighted by Crippen LogP contribution is -2.51. The predicted molar refractivity (Wildman–Crippen MR) is 242 cm³/mol. The number of carbonyl (C=O) groups is 2. The molecule has 0 unspecified atom stereocenters. The molecule has 2 aliphatic rings. The summed E-state index contributed by atoms with van der Waals surface area (Å²) in [5, 5.41) is 0. The number of fused-ring (bicyclic) bond motifs is 1. The highest BCUT2D eigenvalue weighted by Gasteiger charge is 2.51. The van der Waals surface area contributed by atoms with E-state index in [-0.39, 0.29) is 11.8 Å². The highest BCUT2D eigenvalue weighted by atomic mass is 28.5. The Labute approximate surface area is 346 Å². The van der Waals surface area contributed by atoms with Gasteiger partial charge < -0.3 is 39.5 Å². The van der Waals surface area contributed by atoms with Crippen LogP contribution in [0.2, 0.25) is 104 Å². The summed E-state index contributed by atoms with van der Waals surface area (Å²) in [5.74, 6) is 3.01. The molecule has 0 saturated heterocycles. The van der Waals surface area contributed by atoms with Crippen molar-refractivity contribution in [3.8, 4) is 11.5 Å². The van der Waals surface area contributed by atoms with Crippen LogP contribution in [0.4, 0.5) is 0 Å². The van der Waals surface area contributed by atoms with Crippen LogP contribution in [-0.4, -0.2) is 85.1 Å². The van der Waals surface area contributed by atoms with Gasteiger partial charge in [0.15, 0.2) is 56.3 Å². The molecule has 3 aromatic heterocycles. The fraction of sp³-hybridized carbons (Fsp3) is 0.550. The van der Waals surface area contributed by atoms with Crippen molar-refractivity contribution in [3.05, 3.63) is 70.6 Å². The van der Waals surface area contributed by atoms with Gasteiger partial charge in [0.2, 0.25) is 0 Å². The Balaban J connectivity index is 1.48. The molecule has 0 fully saturated rings. The molecular weight excluding hydrogens is 821 g/mol. The number of amides is 2. The van der Waals surface area contributed by atoms with Gasteiger partial charge in [-0.15, -0.1) is 0 Å². The molecule has 0 N–H and O–H groups in total. The summed E-state index contributed by atoms with van der Waals surface area (Å²) in [7, 11) is -12.6. The molecule has 0 radical (unpaired) electrons. The average Bonchev–Trinajstić information content (AvgIpc) is 3.83. The van der Waals surface area contributed by atoms with Gasteiger partial charge in [-0.2, -0.15) is 0 Å². The van der Waals surface area contributed by atoms with Crippen LogP contribution in [0.3, 0.4) is 0 Å². The van der Waals surface area contributed by atoms with Gasteiger partial charge in [-0.1, -0.05) is 0 Å². The molecule has 57 heavy (non-hydrogen) atoms. The molecule has 0 atom stereocenters. The molecule has 17 heteroatoms. The summed E-state index contributed by atoms with van der Waals surface area (Å²) in [6.45, 7) is 35.1. The average molecular weight is 887 g/mol. The lowest BCUT2D eigenvalue weighted by atomic mass is 10.1. The van der Waals surface area contributed by atoms with Crippen molar-refractivity contribution >= 4 is 73.6 Å². The minimum absolute atomic E-state index is 0.238. The third-order valence-corrected chi connectivity index (χ3v) is 29.7. The van der Waals surface area contributed by atoms with Crippen molar-refractivity contribution < 1.29 is 39.3 Å². The predicted octanol–water partition coefficient (Wildman–Crippen LogP) is 10.9. The Bertz CT molecular complexity index is 2030. The van der Waals surface area contributed by atoms with Gasteiger partial charge >= 0.3 is 17.1 Å². The summed E-state index contributed by atoms with van der Waals surface area (Å²) in [5.41, 5.74) is 1.68. The number of carbonyl (C=O) groups excluding carboxylic acids is 2. The Hall–Kier alpha value is -2.60. The molecule has 2 aliphatic heterocycles. The zero-order valence-corrected chi connectivity index (χ0v) is 43.3. The molecule has 3 aromatic rings. The van der Waals surface area contributed by atoms with Crippen molar-refractivity contribution in [2.45, 2.75) is 130 Å². The van der Waals surface area contributed by atoms with Crippen LogP contribution in [0.25, 0.3) is 22.9 Å². The summed E-state index contributed by atoms with van der Waals surface area (Å²) in [6, 6.07) is 12.8. The lowest BCUT2D eigenvalue weighted by Gasteiger charge is -2.37. The number of hydrogen-bond acceptors (Lipinski definition) is 9. The van der Waals surface area contributed by atoms with E-state index in [0.717, 1.165) is 17.8 Å². The van der Waals surface area contributed by atoms with E-state index < -0.39 is 50.4 Å². The third-order valence-electron chi connectivity index (χ3n) is 9.45. The van der Waals surface area contributed by atoms with Gasteiger partial charge in [-0.25, -0.2) is 0 Å². The van der Waals surface area contributed by atoms with E-state index in [1.807, 2.05) is 50.2 Å². The zero-order valence-electron chi connectivity index (χ0n) is 37.3. The van der Waals surface area contributed by atoms with E-state index in [1.165, 1.54) is 0 Å². The van der Waals surface area contributed by atoms with Crippen LogP contribution in [-0.2, 0) is 26.0 Å². The highest BCUT2D eigenvalue weighted by Crippen LogP contribution is 2.48. The number of furan rings is 3. The van der Waals surface area contributed by atoms with Gasteiger partial charge in [0.05, 0.1) is 11.1 Å². The van der Waals surface area contributed by atoms with Crippen LogP contribution in [0.1, 0.15) is 35.9 Å². The highest BCUT2D eigenvalue weighted by molar-refractivity contribution is 6.88. The van der Waals surface area contributed by atoms with Crippen molar-refractivity contribution in [1.29, 1.82) is 0 Å². The van der Waals surface area contributed by atoms with Gasteiger partial charge in [0, 0.05) is 13.1 Å². The second kappa shape index (κ2) is 16.5. The molecule has 5 rings (SSSR count). The molecular formula is C40H66N2O9Si6. The molecule has 5 heterocycles. The maximum absolute atomic E-state index is 14.9. The summed E-state index contributed by atoms with van der Waals surface area (Å²) in [4.78, 5) is 33.2. The maximum atomic E-state index is 14.9. The largest absolute Gasteiger partial charge is 0.460 e. The Morgan fingerprint density at radius 2 is 0.807 bits per heavy atom. The van der Waals surface area contributed by atoms with Crippen molar-refractivity contribution in [1.82, 2.24) is 9.80 Å². The van der Waals surface area contributed by atoms with Crippen molar-refractivity contribution in [3.63, 3.8) is 0 Å². The SMILES string of the molecule is Cc1ccc(C2=C3C(=O)N(CCC[Si](C)(C)O[Si](C)(C)O[Si](C)(C)C)C(c4ccc(-c5ccc(C)o5)o4)=C3C(=O)N2CCC[Si](C)(C)O[Si](C)(C)O[Si](C)(C)C)o1. The molecule has 0 aliphatic carbocycles. The number of hydrogen-bond donors (Lipinski definition) is 0. The Morgan fingerprint density at radius 3 is 1.18 bits per heavy atom. The maximum Gasteiger partial charge on any atom is 0.311 e. The van der Waals surface area contributed by atoms with Crippen LogP contribution in [0.15, 0.2) is 60.8 Å². The first-order chi connectivity index (χ1) is 26.1. The van der Waals surface area contributed by atoms with Gasteiger partial charge in [-0.3, -0.25) is 9.59 Å². The first kappa shape index (κ1) is 45.5. The molecule has 0 spiro atoms. The fourth-order valence-electron chi connectivity index (χ4n) is 8.34. The first-order valence-electron chi connectivity index (χ1n) is 20.2. The topological polar surface area (TPSA) is 117 Å². The number of nitrogens with zero attached hydrogens (tertiary/aromatic N) is 2. The van der Waals surface area contributed by atoms with E-state index in [4.69, 9.17) is 29.7 Å². The number of rotatable bonds is 19. The van der Waals surface area contributed by atoms with Crippen molar-refractivity contribution in [2.75, 3.05) is 13.1 Å². The molecule has 0 saturated carbocycles. The van der Waals surface area contributed by atoms with E-state index in [9.17, 15) is 9.59 Å². The fourth-order valence-corrected chi connectivity index (χ4v) is 34.7. The lowest BCUT2D eigenvalue weighted by molar-refractivity contribution is -0.124. The first-order valence-corrected chi connectivity index (χ1v) is 38.9. The molecule has 2 amide bonds. The standard InChI is InChI=1S/C40H66N2O9Si6/c1-29-19-21-31(45-29)32-23-24-34(47-32)38-36-35(39(43)42(38)26-18-28-55(11,12)51-57(15,16)49-53(6,7)8)37(33-22-20-30(2)46-33)41(40(36)44)25-17-27-54(9,10)50-56(13,14)48-52(3,4)5/h19-24H,17-18,25-28H2,1-16H3. The molecule has 0 bridgehead atoms. The smallest absolute Gasteiger partial charge is 0.311 e. The minimum atomic E-state index is -2.35. The Kier molecular flexibility index (Phi) is 13.1. The second-order valence-electron chi connectivity index (χ2n) is 19.5. The van der Waals surface area contributed by atoms with Gasteiger partial charge in [0.1, 0.15) is 22.9 Å². The molecule has 11 nitrogen and oxygen atoms in total. The monoisotopic (exact) mass is 886 g/mol.